The van der Waals surface area contributed by atoms with Crippen LogP contribution in [0.15, 0.2) is 109 Å². The van der Waals surface area contributed by atoms with Crippen LogP contribution in [0.4, 0.5) is 0 Å². The van der Waals surface area contributed by atoms with Crippen LogP contribution >= 0.6 is 0 Å². The molecule has 0 fully saturated rings. The molecule has 0 aromatic rings. The van der Waals surface area contributed by atoms with Gasteiger partial charge >= 0.3 is 11.9 Å². The number of ether oxygens (including phenoxy) is 2. The van der Waals surface area contributed by atoms with Crippen molar-refractivity contribution in [2.45, 2.75) is 97.0 Å². The number of esters is 2. The van der Waals surface area contributed by atoms with Gasteiger partial charge in [-0.05, 0) is 64.2 Å². The van der Waals surface area contributed by atoms with Crippen LogP contribution in [-0.4, -0.2) is 36.4 Å². The first kappa shape index (κ1) is 38.6. The predicted molar refractivity (Wildman–Crippen MR) is 177 cm³/mol. The van der Waals surface area contributed by atoms with Crippen molar-refractivity contribution in [3.63, 3.8) is 0 Å². The maximum Gasteiger partial charge on any atom is 0.310 e. The van der Waals surface area contributed by atoms with E-state index in [0.717, 1.165) is 57.8 Å². The molecule has 0 rings (SSSR count). The van der Waals surface area contributed by atoms with Crippen LogP contribution in [-0.2, 0) is 19.1 Å². The molecule has 1 N–H and O–H groups in total. The van der Waals surface area contributed by atoms with Gasteiger partial charge in [0.15, 0.2) is 6.10 Å². The second-order valence-corrected chi connectivity index (χ2v) is 9.43. The van der Waals surface area contributed by atoms with Crippen LogP contribution in [0.5, 0.6) is 0 Å². The van der Waals surface area contributed by atoms with E-state index in [1.54, 1.807) is 6.08 Å². The van der Waals surface area contributed by atoms with Gasteiger partial charge in [-0.15, -0.1) is 0 Å². The van der Waals surface area contributed by atoms with E-state index < -0.39 is 18.7 Å². The zero-order valence-corrected chi connectivity index (χ0v) is 25.9. The smallest absolute Gasteiger partial charge is 0.310 e. The number of carbonyl (C=O) groups excluding carboxylic acids is 2. The minimum absolute atomic E-state index is 0.101. The zero-order chi connectivity index (χ0) is 30.8. The van der Waals surface area contributed by atoms with Crippen molar-refractivity contribution in [1.82, 2.24) is 0 Å². The molecule has 0 aliphatic rings. The number of hydrogen-bond acceptors (Lipinski definition) is 5. The highest BCUT2D eigenvalue weighted by atomic mass is 16.6. The highest BCUT2D eigenvalue weighted by Gasteiger charge is 2.15. The Morgan fingerprint density at radius 1 is 0.548 bits per heavy atom. The predicted octanol–water partition coefficient (Wildman–Crippen LogP) is 9.16. The van der Waals surface area contributed by atoms with E-state index in [1.165, 1.54) is 0 Å². The van der Waals surface area contributed by atoms with Crippen molar-refractivity contribution in [3.8, 4) is 0 Å². The Hall–Kier alpha value is -3.44. The number of rotatable bonds is 25. The SMILES string of the molecule is CC/C=C\C/C=C\C/C=C\C/C=C\C/C=C\CC(=O)OC(CO)COC(=O)CC/C=C\C/C=C\C/C=C\C/C=C\CC. The minimum Gasteiger partial charge on any atom is -0.462 e. The summed E-state index contributed by atoms with van der Waals surface area (Å²) in [7, 11) is 0. The Bertz CT molecular complexity index is 928. The maximum absolute atomic E-state index is 12.0. The molecule has 0 heterocycles. The van der Waals surface area contributed by atoms with Crippen molar-refractivity contribution >= 4 is 11.9 Å². The van der Waals surface area contributed by atoms with Gasteiger partial charge in [-0.25, -0.2) is 0 Å². The molecule has 0 aromatic heterocycles. The molecule has 0 bridgehead atoms. The average Bonchev–Trinajstić information content (AvgIpc) is 2.99. The van der Waals surface area contributed by atoms with E-state index in [4.69, 9.17) is 9.47 Å². The highest BCUT2D eigenvalue weighted by Crippen LogP contribution is 2.03. The standard InChI is InChI=1S/C37H54O5/c1-3-5-7-9-11-13-15-17-18-20-22-24-26-28-30-32-37(40)42-35(33-38)34-41-36(39)31-29-27-25-23-21-19-16-14-12-10-8-6-4-2/h5-8,11-14,17-19,21-22,24-25,27-28,30,35,38H,3-4,9-10,15-16,20,23,26,29,31-34H2,1-2H3/b7-5-,8-6-,13-11-,14-12-,18-17-,21-19-,24-22-,27-25-,30-28-. The molecule has 0 aliphatic heterocycles. The number of hydrogen-bond donors (Lipinski definition) is 1. The van der Waals surface area contributed by atoms with Gasteiger partial charge in [0.05, 0.1) is 13.0 Å². The molecule has 0 aromatic carbocycles. The first-order valence-corrected chi connectivity index (χ1v) is 15.4. The van der Waals surface area contributed by atoms with Gasteiger partial charge < -0.3 is 14.6 Å². The van der Waals surface area contributed by atoms with E-state index >= 15 is 0 Å². The molecular weight excluding hydrogens is 524 g/mol. The first-order chi connectivity index (χ1) is 20.6. The van der Waals surface area contributed by atoms with E-state index in [1.807, 2.05) is 24.3 Å². The highest BCUT2D eigenvalue weighted by molar-refractivity contribution is 5.71. The molecule has 0 spiro atoms. The Balaban J connectivity index is 3.92. The summed E-state index contributed by atoms with van der Waals surface area (Å²) in [5.74, 6) is -0.851. The topological polar surface area (TPSA) is 72.8 Å². The molecule has 232 valence electrons. The normalized spacial score (nSPS) is 13.7. The van der Waals surface area contributed by atoms with Crippen LogP contribution in [0.25, 0.3) is 0 Å². The van der Waals surface area contributed by atoms with Gasteiger partial charge in [0.25, 0.3) is 0 Å². The molecule has 1 unspecified atom stereocenters. The molecule has 0 saturated heterocycles. The number of aliphatic hydroxyl groups excluding tert-OH is 1. The van der Waals surface area contributed by atoms with Gasteiger partial charge in [-0.1, -0.05) is 123 Å². The third-order valence-electron chi connectivity index (χ3n) is 5.61. The Labute approximate surface area is 255 Å². The Morgan fingerprint density at radius 3 is 1.33 bits per heavy atom. The van der Waals surface area contributed by atoms with E-state index in [2.05, 4.69) is 92.8 Å². The van der Waals surface area contributed by atoms with Crippen molar-refractivity contribution in [2.24, 2.45) is 0 Å². The summed E-state index contributed by atoms with van der Waals surface area (Å²) in [5.41, 5.74) is 0. The minimum atomic E-state index is -0.860. The number of carbonyl (C=O) groups is 2. The van der Waals surface area contributed by atoms with Crippen LogP contribution < -0.4 is 0 Å². The zero-order valence-electron chi connectivity index (χ0n) is 25.9. The third kappa shape index (κ3) is 29.5. The van der Waals surface area contributed by atoms with Crippen LogP contribution in [0.1, 0.15) is 90.9 Å². The lowest BCUT2D eigenvalue weighted by Gasteiger charge is -2.15. The monoisotopic (exact) mass is 578 g/mol. The third-order valence-corrected chi connectivity index (χ3v) is 5.61. The summed E-state index contributed by atoms with van der Waals surface area (Å²) in [6.45, 7) is 3.71. The van der Waals surface area contributed by atoms with Gasteiger partial charge in [0.1, 0.15) is 6.61 Å². The van der Waals surface area contributed by atoms with Gasteiger partial charge in [-0.3, -0.25) is 9.59 Å². The summed E-state index contributed by atoms with van der Waals surface area (Å²) < 4.78 is 10.4. The van der Waals surface area contributed by atoms with Crippen LogP contribution in [0.3, 0.4) is 0 Å². The van der Waals surface area contributed by atoms with Crippen molar-refractivity contribution in [3.05, 3.63) is 109 Å². The summed E-state index contributed by atoms with van der Waals surface area (Å²) in [6, 6.07) is 0. The lowest BCUT2D eigenvalue weighted by atomic mass is 10.2. The number of allylic oxidation sites excluding steroid dienone is 17. The summed E-state index contributed by atoms with van der Waals surface area (Å²) >= 11 is 0. The average molecular weight is 579 g/mol. The van der Waals surface area contributed by atoms with Crippen molar-refractivity contribution in [1.29, 1.82) is 0 Å². The van der Waals surface area contributed by atoms with Crippen LogP contribution in [0, 0.1) is 0 Å². The summed E-state index contributed by atoms with van der Waals surface area (Å²) in [5, 5.41) is 9.46. The Kier molecular flexibility index (Phi) is 29.5. The lowest BCUT2D eigenvalue weighted by molar-refractivity contribution is -0.160. The van der Waals surface area contributed by atoms with Crippen molar-refractivity contribution < 1.29 is 24.2 Å². The fraction of sp³-hybridized carbons (Fsp3) is 0.459. The quantitative estimate of drug-likeness (QED) is 0.0864. The van der Waals surface area contributed by atoms with Crippen molar-refractivity contribution in [2.75, 3.05) is 13.2 Å². The molecule has 0 saturated carbocycles. The fourth-order valence-corrected chi connectivity index (χ4v) is 3.35. The molecule has 42 heavy (non-hydrogen) atoms. The van der Waals surface area contributed by atoms with E-state index in [0.29, 0.717) is 6.42 Å². The van der Waals surface area contributed by atoms with E-state index in [-0.39, 0.29) is 25.4 Å². The molecule has 5 nitrogen and oxygen atoms in total. The molecule has 0 amide bonds. The van der Waals surface area contributed by atoms with Gasteiger partial charge in [0.2, 0.25) is 0 Å². The summed E-state index contributed by atoms with van der Waals surface area (Å²) in [6.07, 6.45) is 46.0. The molecule has 5 heteroatoms. The van der Waals surface area contributed by atoms with Gasteiger partial charge in [0, 0.05) is 6.42 Å². The second-order valence-electron chi connectivity index (χ2n) is 9.43. The van der Waals surface area contributed by atoms with Gasteiger partial charge in [-0.2, -0.15) is 0 Å². The summed E-state index contributed by atoms with van der Waals surface area (Å²) in [4.78, 5) is 24.0. The lowest BCUT2D eigenvalue weighted by Crippen LogP contribution is -2.28. The number of aliphatic hydroxyl groups is 1. The fourth-order valence-electron chi connectivity index (χ4n) is 3.35. The second kappa shape index (κ2) is 32.1. The van der Waals surface area contributed by atoms with E-state index in [9.17, 15) is 14.7 Å². The maximum atomic E-state index is 12.0. The Morgan fingerprint density at radius 2 is 0.929 bits per heavy atom. The van der Waals surface area contributed by atoms with Crippen LogP contribution in [0.2, 0.25) is 0 Å². The molecule has 0 radical (unpaired) electrons. The largest absolute Gasteiger partial charge is 0.462 e. The molecular formula is C37H54O5. The molecule has 0 aliphatic carbocycles. The molecule has 1 atom stereocenters. The first-order valence-electron chi connectivity index (χ1n) is 15.4.